The first-order chi connectivity index (χ1) is 9.27. The highest BCUT2D eigenvalue weighted by molar-refractivity contribution is 7.99. The summed E-state index contributed by atoms with van der Waals surface area (Å²) in [5, 5.41) is 4.51. The SMILES string of the molecule is Clc1ccccc1CNC1CCOC2(CCSC2)C1. The lowest BCUT2D eigenvalue weighted by atomic mass is 9.90. The molecule has 0 aromatic heterocycles. The number of thioether (sulfide) groups is 1. The zero-order valence-electron chi connectivity index (χ0n) is 11.0. The molecule has 2 fully saturated rings. The van der Waals surface area contributed by atoms with Gasteiger partial charge < -0.3 is 10.1 Å². The van der Waals surface area contributed by atoms with Gasteiger partial charge in [-0.05, 0) is 36.6 Å². The molecule has 2 atom stereocenters. The zero-order valence-corrected chi connectivity index (χ0v) is 12.6. The Morgan fingerprint density at radius 1 is 1.42 bits per heavy atom. The minimum Gasteiger partial charge on any atom is -0.374 e. The van der Waals surface area contributed by atoms with Gasteiger partial charge in [0.1, 0.15) is 0 Å². The van der Waals surface area contributed by atoms with Crippen molar-refractivity contribution in [2.24, 2.45) is 0 Å². The predicted molar refractivity (Wildman–Crippen MR) is 81.9 cm³/mol. The third kappa shape index (κ3) is 3.27. The lowest BCUT2D eigenvalue weighted by molar-refractivity contribution is -0.0703. The third-order valence-corrected chi connectivity index (χ3v) is 5.69. The summed E-state index contributed by atoms with van der Waals surface area (Å²) in [5.74, 6) is 2.41. The number of halogens is 1. The Balaban J connectivity index is 1.57. The van der Waals surface area contributed by atoms with Gasteiger partial charge in [0.25, 0.3) is 0 Å². The normalized spacial score (nSPS) is 30.9. The molecule has 3 rings (SSSR count). The summed E-state index contributed by atoms with van der Waals surface area (Å²) in [4.78, 5) is 0. The minimum atomic E-state index is 0.154. The summed E-state index contributed by atoms with van der Waals surface area (Å²) in [5.41, 5.74) is 1.34. The van der Waals surface area contributed by atoms with Crippen LogP contribution in [0.4, 0.5) is 0 Å². The van der Waals surface area contributed by atoms with Gasteiger partial charge in [-0.1, -0.05) is 29.8 Å². The van der Waals surface area contributed by atoms with Gasteiger partial charge in [-0.2, -0.15) is 11.8 Å². The standard InChI is InChI=1S/C15H20ClNOS/c16-14-4-2-1-3-12(14)10-17-13-5-7-18-15(9-13)6-8-19-11-15/h1-4,13,17H,5-11H2. The fourth-order valence-corrected chi connectivity index (χ4v) is 4.54. The molecule has 0 saturated carbocycles. The van der Waals surface area contributed by atoms with Crippen LogP contribution < -0.4 is 5.32 Å². The second-order valence-electron chi connectivity index (χ2n) is 5.50. The second-order valence-corrected chi connectivity index (χ2v) is 7.01. The van der Waals surface area contributed by atoms with E-state index in [9.17, 15) is 0 Å². The van der Waals surface area contributed by atoms with Crippen molar-refractivity contribution in [3.63, 3.8) is 0 Å². The van der Waals surface area contributed by atoms with E-state index in [2.05, 4.69) is 11.4 Å². The molecule has 104 valence electrons. The molecule has 4 heteroatoms. The van der Waals surface area contributed by atoms with Crippen LogP contribution in [-0.2, 0) is 11.3 Å². The first-order valence-corrected chi connectivity index (χ1v) is 8.49. The van der Waals surface area contributed by atoms with Gasteiger partial charge in [-0.15, -0.1) is 0 Å². The van der Waals surface area contributed by atoms with Crippen LogP contribution in [0.5, 0.6) is 0 Å². The van der Waals surface area contributed by atoms with Crippen molar-refractivity contribution >= 4 is 23.4 Å². The molecule has 0 amide bonds. The van der Waals surface area contributed by atoms with Crippen LogP contribution in [0.15, 0.2) is 24.3 Å². The van der Waals surface area contributed by atoms with Crippen LogP contribution in [0.1, 0.15) is 24.8 Å². The van der Waals surface area contributed by atoms with E-state index in [1.165, 1.54) is 17.7 Å². The molecule has 2 nitrogen and oxygen atoms in total. The molecule has 2 aliphatic rings. The van der Waals surface area contributed by atoms with Crippen molar-refractivity contribution in [1.82, 2.24) is 5.32 Å². The molecule has 1 aromatic rings. The van der Waals surface area contributed by atoms with E-state index in [1.807, 2.05) is 30.0 Å². The van der Waals surface area contributed by atoms with Gasteiger partial charge in [0.2, 0.25) is 0 Å². The summed E-state index contributed by atoms with van der Waals surface area (Å²) in [6.07, 6.45) is 3.46. The molecule has 2 saturated heterocycles. The van der Waals surface area contributed by atoms with Gasteiger partial charge in [-0.3, -0.25) is 0 Å². The second kappa shape index (κ2) is 6.04. The van der Waals surface area contributed by atoms with Crippen LogP contribution in [0.2, 0.25) is 5.02 Å². The van der Waals surface area contributed by atoms with Gasteiger partial charge in [-0.25, -0.2) is 0 Å². The Kier molecular flexibility index (Phi) is 4.37. The van der Waals surface area contributed by atoms with Gasteiger partial charge in [0.15, 0.2) is 0 Å². The highest BCUT2D eigenvalue weighted by Crippen LogP contribution is 2.38. The van der Waals surface area contributed by atoms with Gasteiger partial charge in [0.05, 0.1) is 5.60 Å². The number of rotatable bonds is 3. The van der Waals surface area contributed by atoms with Crippen LogP contribution in [0, 0.1) is 0 Å². The van der Waals surface area contributed by atoms with E-state index in [-0.39, 0.29) is 5.60 Å². The average Bonchev–Trinajstić information content (AvgIpc) is 2.86. The summed E-state index contributed by atoms with van der Waals surface area (Å²) >= 11 is 8.22. The first kappa shape index (κ1) is 13.7. The smallest absolute Gasteiger partial charge is 0.0795 e. The predicted octanol–water partition coefficient (Wildman–Crippen LogP) is 3.48. The van der Waals surface area contributed by atoms with Crippen molar-refractivity contribution in [3.05, 3.63) is 34.9 Å². The number of hydrogen-bond acceptors (Lipinski definition) is 3. The molecule has 2 aliphatic heterocycles. The highest BCUT2D eigenvalue weighted by Gasteiger charge is 2.40. The average molecular weight is 298 g/mol. The zero-order chi connectivity index (χ0) is 13.1. The van der Waals surface area contributed by atoms with Gasteiger partial charge >= 0.3 is 0 Å². The first-order valence-electron chi connectivity index (χ1n) is 6.96. The Morgan fingerprint density at radius 3 is 3.11 bits per heavy atom. The summed E-state index contributed by atoms with van der Waals surface area (Å²) < 4.78 is 6.05. The number of hydrogen-bond donors (Lipinski definition) is 1. The van der Waals surface area contributed by atoms with Crippen LogP contribution in [0.3, 0.4) is 0 Å². The number of nitrogens with one attached hydrogen (secondary N) is 1. The van der Waals surface area contributed by atoms with Crippen LogP contribution in [0.25, 0.3) is 0 Å². The quantitative estimate of drug-likeness (QED) is 0.923. The molecular formula is C15H20ClNOS. The van der Waals surface area contributed by atoms with Crippen molar-refractivity contribution in [2.75, 3.05) is 18.1 Å². The van der Waals surface area contributed by atoms with Crippen molar-refractivity contribution < 1.29 is 4.74 Å². The Morgan fingerprint density at radius 2 is 2.32 bits per heavy atom. The minimum absolute atomic E-state index is 0.154. The van der Waals surface area contributed by atoms with Crippen molar-refractivity contribution in [2.45, 2.75) is 37.5 Å². The molecule has 1 spiro atoms. The molecule has 0 aliphatic carbocycles. The molecule has 2 unspecified atom stereocenters. The largest absolute Gasteiger partial charge is 0.374 e. The van der Waals surface area contributed by atoms with E-state index >= 15 is 0 Å². The van der Waals surface area contributed by atoms with E-state index in [0.29, 0.717) is 6.04 Å². The Bertz CT molecular complexity index is 434. The molecule has 0 bridgehead atoms. The third-order valence-electron chi connectivity index (χ3n) is 4.10. The van der Waals surface area contributed by atoms with Gasteiger partial charge in [0, 0.05) is 30.0 Å². The molecule has 1 aromatic carbocycles. The molecular weight excluding hydrogens is 278 g/mol. The molecule has 19 heavy (non-hydrogen) atoms. The summed E-state index contributed by atoms with van der Waals surface area (Å²) in [6.45, 7) is 1.74. The lowest BCUT2D eigenvalue weighted by Crippen LogP contribution is -2.47. The van der Waals surface area contributed by atoms with E-state index in [0.717, 1.165) is 36.8 Å². The van der Waals surface area contributed by atoms with Crippen molar-refractivity contribution in [1.29, 1.82) is 0 Å². The highest BCUT2D eigenvalue weighted by atomic mass is 35.5. The fraction of sp³-hybridized carbons (Fsp3) is 0.600. The van der Waals surface area contributed by atoms with E-state index < -0.39 is 0 Å². The van der Waals surface area contributed by atoms with E-state index in [1.54, 1.807) is 0 Å². The molecule has 2 heterocycles. The maximum atomic E-state index is 6.19. The fourth-order valence-electron chi connectivity index (χ4n) is 2.96. The Hall–Kier alpha value is -0.220. The van der Waals surface area contributed by atoms with Crippen LogP contribution >= 0.6 is 23.4 Å². The van der Waals surface area contributed by atoms with E-state index in [4.69, 9.17) is 16.3 Å². The summed E-state index contributed by atoms with van der Waals surface area (Å²) in [6, 6.07) is 8.63. The lowest BCUT2D eigenvalue weighted by Gasteiger charge is -2.38. The van der Waals surface area contributed by atoms with Crippen LogP contribution in [-0.4, -0.2) is 29.8 Å². The topological polar surface area (TPSA) is 21.3 Å². The molecule has 0 radical (unpaired) electrons. The molecule has 1 N–H and O–H groups in total. The maximum Gasteiger partial charge on any atom is 0.0795 e. The number of ether oxygens (including phenoxy) is 1. The maximum absolute atomic E-state index is 6.19. The Labute approximate surface area is 124 Å². The summed E-state index contributed by atoms with van der Waals surface area (Å²) in [7, 11) is 0. The monoisotopic (exact) mass is 297 g/mol. The van der Waals surface area contributed by atoms with Crippen molar-refractivity contribution in [3.8, 4) is 0 Å². The number of benzene rings is 1.